The number of benzene rings is 1. The molecule has 1 aromatic carbocycles. The van der Waals surface area contributed by atoms with Crippen molar-refractivity contribution in [3.8, 4) is 16.2 Å². The van der Waals surface area contributed by atoms with Crippen LogP contribution in [0, 0.1) is 0 Å². The van der Waals surface area contributed by atoms with E-state index in [2.05, 4.69) is 16.0 Å². The third kappa shape index (κ3) is 4.30. The molecule has 6 nitrogen and oxygen atoms in total. The molecular weight excluding hydrogens is 350 g/mol. The van der Waals surface area contributed by atoms with E-state index in [-0.39, 0.29) is 11.6 Å². The van der Waals surface area contributed by atoms with Gasteiger partial charge in [0.05, 0.1) is 18.9 Å². The van der Waals surface area contributed by atoms with Gasteiger partial charge in [0.2, 0.25) is 0 Å². The highest BCUT2D eigenvalue weighted by Gasteiger charge is 2.21. The minimum absolute atomic E-state index is 0.232. The van der Waals surface area contributed by atoms with Gasteiger partial charge in [-0.3, -0.25) is 4.79 Å². The van der Waals surface area contributed by atoms with Gasteiger partial charge in [0.1, 0.15) is 17.3 Å². The number of aliphatic hydroxyl groups excluding tert-OH is 1. The average Bonchev–Trinajstić information content (AvgIpc) is 3.30. The van der Waals surface area contributed by atoms with Gasteiger partial charge in [0.25, 0.3) is 5.91 Å². The number of hydrogen-bond acceptors (Lipinski definition) is 5. The fourth-order valence-corrected chi connectivity index (χ4v) is 3.47. The molecule has 0 aliphatic rings. The number of nitrogens with one attached hydrogen (secondary N) is 1. The quantitative estimate of drug-likeness (QED) is 0.566. The minimum atomic E-state index is -0.636. The lowest BCUT2D eigenvalue weighted by molar-refractivity contribution is 0.0995. The number of imidazole rings is 1. The second-order valence-corrected chi connectivity index (χ2v) is 6.98. The van der Waals surface area contributed by atoms with Gasteiger partial charge in [-0.15, -0.1) is 11.3 Å². The van der Waals surface area contributed by atoms with Crippen LogP contribution in [0.2, 0.25) is 0 Å². The van der Waals surface area contributed by atoms with Crippen molar-refractivity contribution >= 4 is 17.2 Å². The van der Waals surface area contributed by atoms with Crippen LogP contribution in [0.3, 0.4) is 0 Å². The molecular formula is C19H21N3O3S. The SMILES string of the molecule is C[C@H](O)[C@H](CCOc1cccc(-c2cccs2)c1)c1ncc(C(N)=O)[nH]1. The Morgan fingerprint density at radius 2 is 2.23 bits per heavy atom. The Balaban J connectivity index is 1.63. The van der Waals surface area contributed by atoms with Crippen molar-refractivity contribution in [1.82, 2.24) is 9.97 Å². The molecule has 2 heterocycles. The molecule has 0 bridgehead atoms. The van der Waals surface area contributed by atoms with E-state index in [1.54, 1.807) is 18.3 Å². The molecule has 3 aromatic rings. The van der Waals surface area contributed by atoms with E-state index < -0.39 is 12.0 Å². The zero-order chi connectivity index (χ0) is 18.5. The molecule has 0 spiro atoms. The van der Waals surface area contributed by atoms with E-state index in [0.717, 1.165) is 11.3 Å². The molecule has 3 rings (SSSR count). The largest absolute Gasteiger partial charge is 0.494 e. The molecule has 0 saturated carbocycles. The van der Waals surface area contributed by atoms with E-state index in [4.69, 9.17) is 10.5 Å². The van der Waals surface area contributed by atoms with Crippen molar-refractivity contribution in [3.63, 3.8) is 0 Å². The van der Waals surface area contributed by atoms with Gasteiger partial charge in [-0.2, -0.15) is 0 Å². The van der Waals surface area contributed by atoms with E-state index in [0.29, 0.717) is 18.9 Å². The summed E-state index contributed by atoms with van der Waals surface area (Å²) < 4.78 is 5.86. The summed E-state index contributed by atoms with van der Waals surface area (Å²) in [4.78, 5) is 19.4. The van der Waals surface area contributed by atoms with Crippen molar-refractivity contribution in [2.45, 2.75) is 25.4 Å². The van der Waals surface area contributed by atoms with Crippen molar-refractivity contribution in [2.24, 2.45) is 5.73 Å². The first-order chi connectivity index (χ1) is 12.5. The molecule has 7 heteroatoms. The van der Waals surface area contributed by atoms with Crippen molar-refractivity contribution in [1.29, 1.82) is 0 Å². The summed E-state index contributed by atoms with van der Waals surface area (Å²) in [6, 6.07) is 12.0. The Hall–Kier alpha value is -2.64. The number of rotatable bonds is 8. The number of amides is 1. The lowest BCUT2D eigenvalue weighted by Gasteiger charge is -2.18. The second kappa shape index (κ2) is 8.16. The van der Waals surface area contributed by atoms with Crippen molar-refractivity contribution in [3.05, 3.63) is 59.5 Å². The molecule has 0 aliphatic carbocycles. The zero-order valence-corrected chi connectivity index (χ0v) is 15.2. The highest BCUT2D eigenvalue weighted by molar-refractivity contribution is 7.13. The number of hydrogen-bond donors (Lipinski definition) is 3. The maximum absolute atomic E-state index is 11.2. The van der Waals surface area contributed by atoms with Crippen LogP contribution < -0.4 is 10.5 Å². The number of nitrogens with two attached hydrogens (primary N) is 1. The fourth-order valence-electron chi connectivity index (χ4n) is 2.74. The average molecular weight is 371 g/mol. The molecule has 0 aliphatic heterocycles. The number of ether oxygens (including phenoxy) is 1. The summed E-state index contributed by atoms with van der Waals surface area (Å²) in [5.41, 5.74) is 6.58. The summed E-state index contributed by atoms with van der Waals surface area (Å²) in [6.07, 6.45) is 1.30. The summed E-state index contributed by atoms with van der Waals surface area (Å²) in [6.45, 7) is 2.10. The van der Waals surface area contributed by atoms with E-state index in [1.807, 2.05) is 35.7 Å². The number of primary amides is 1. The highest BCUT2D eigenvalue weighted by atomic mass is 32.1. The Kier molecular flexibility index (Phi) is 5.70. The third-order valence-corrected chi connectivity index (χ3v) is 5.05. The minimum Gasteiger partial charge on any atom is -0.494 e. The molecule has 2 aromatic heterocycles. The number of nitrogens with zero attached hydrogens (tertiary/aromatic N) is 1. The number of H-pyrrole nitrogens is 1. The summed E-state index contributed by atoms with van der Waals surface area (Å²) in [5.74, 6) is 0.459. The number of thiophene rings is 1. The summed E-state index contributed by atoms with van der Waals surface area (Å²) >= 11 is 1.68. The van der Waals surface area contributed by atoms with Crippen LogP contribution >= 0.6 is 11.3 Å². The van der Waals surface area contributed by atoms with E-state index >= 15 is 0 Å². The molecule has 26 heavy (non-hydrogen) atoms. The van der Waals surface area contributed by atoms with Crippen LogP contribution in [-0.2, 0) is 0 Å². The monoisotopic (exact) mass is 371 g/mol. The Morgan fingerprint density at radius 1 is 1.38 bits per heavy atom. The van der Waals surface area contributed by atoms with E-state index in [9.17, 15) is 9.90 Å². The lowest BCUT2D eigenvalue weighted by atomic mass is 9.99. The molecule has 2 atom stereocenters. The first-order valence-corrected chi connectivity index (χ1v) is 9.22. The normalized spacial score (nSPS) is 13.3. The van der Waals surface area contributed by atoms with Crippen LogP contribution in [0.5, 0.6) is 5.75 Å². The van der Waals surface area contributed by atoms with Gasteiger partial charge < -0.3 is 20.6 Å². The van der Waals surface area contributed by atoms with Gasteiger partial charge >= 0.3 is 0 Å². The lowest BCUT2D eigenvalue weighted by Crippen LogP contribution is -2.19. The molecule has 0 fully saturated rings. The third-order valence-electron chi connectivity index (χ3n) is 4.13. The molecule has 0 saturated heterocycles. The Bertz CT molecular complexity index is 859. The topological polar surface area (TPSA) is 101 Å². The molecule has 1 amide bonds. The molecule has 0 unspecified atom stereocenters. The van der Waals surface area contributed by atoms with Crippen LogP contribution in [0.4, 0.5) is 0 Å². The standard InChI is InChI=1S/C19H21N3O3S/c1-12(23)15(19-21-11-16(22-19)18(20)24)7-8-25-14-5-2-4-13(10-14)17-6-3-9-26-17/h2-6,9-12,15,23H,7-8H2,1H3,(H2,20,24)(H,21,22)/t12-,15-/m0/s1. The number of carbonyl (C=O) groups is 1. The van der Waals surface area contributed by atoms with Crippen LogP contribution in [0.1, 0.15) is 35.6 Å². The van der Waals surface area contributed by atoms with Gasteiger partial charge in [-0.25, -0.2) is 4.98 Å². The van der Waals surface area contributed by atoms with Crippen LogP contribution in [-0.4, -0.2) is 33.7 Å². The predicted molar refractivity (Wildman–Crippen MR) is 101 cm³/mol. The maximum atomic E-state index is 11.2. The molecule has 4 N–H and O–H groups in total. The highest BCUT2D eigenvalue weighted by Crippen LogP contribution is 2.28. The van der Waals surface area contributed by atoms with Crippen LogP contribution in [0.15, 0.2) is 48.0 Å². The van der Waals surface area contributed by atoms with Crippen molar-refractivity contribution < 1.29 is 14.6 Å². The Labute approximate surface area is 155 Å². The smallest absolute Gasteiger partial charge is 0.266 e. The Morgan fingerprint density at radius 3 is 2.88 bits per heavy atom. The molecule has 136 valence electrons. The van der Waals surface area contributed by atoms with Crippen molar-refractivity contribution in [2.75, 3.05) is 6.61 Å². The summed E-state index contributed by atoms with van der Waals surface area (Å²) in [7, 11) is 0. The first kappa shape index (κ1) is 18.2. The predicted octanol–water partition coefficient (Wildman–Crippen LogP) is 3.17. The number of aromatic nitrogens is 2. The van der Waals surface area contributed by atoms with E-state index in [1.165, 1.54) is 11.1 Å². The van der Waals surface area contributed by atoms with Gasteiger partial charge in [0, 0.05) is 10.8 Å². The molecule has 0 radical (unpaired) electrons. The summed E-state index contributed by atoms with van der Waals surface area (Å²) in [5, 5.41) is 12.1. The maximum Gasteiger partial charge on any atom is 0.266 e. The van der Waals surface area contributed by atoms with Gasteiger partial charge in [-0.1, -0.05) is 18.2 Å². The number of aromatic amines is 1. The number of carbonyl (C=O) groups excluding carboxylic acids is 1. The van der Waals surface area contributed by atoms with Gasteiger partial charge in [0.15, 0.2) is 0 Å². The van der Waals surface area contributed by atoms with Crippen LogP contribution in [0.25, 0.3) is 10.4 Å². The fraction of sp³-hybridized carbons (Fsp3) is 0.263. The first-order valence-electron chi connectivity index (χ1n) is 8.34. The van der Waals surface area contributed by atoms with Gasteiger partial charge in [-0.05, 0) is 42.5 Å². The second-order valence-electron chi connectivity index (χ2n) is 6.04. The zero-order valence-electron chi connectivity index (χ0n) is 14.4. The number of aliphatic hydroxyl groups is 1.